The Bertz CT molecular complexity index is 1190. The molecule has 6 heteroatoms. The molecule has 30 heavy (non-hydrogen) atoms. The third-order valence-electron chi connectivity index (χ3n) is 5.31. The molecule has 0 N–H and O–H groups in total. The van der Waals surface area contributed by atoms with Crippen LogP contribution in [0.4, 0.5) is 0 Å². The van der Waals surface area contributed by atoms with Gasteiger partial charge in [-0.1, -0.05) is 11.8 Å². The topological polar surface area (TPSA) is 102 Å². The van der Waals surface area contributed by atoms with Crippen molar-refractivity contribution in [3.05, 3.63) is 69.8 Å². The van der Waals surface area contributed by atoms with Crippen LogP contribution < -0.4 is 0 Å². The van der Waals surface area contributed by atoms with Gasteiger partial charge in [-0.05, 0) is 50.2 Å². The van der Waals surface area contributed by atoms with Crippen LogP contribution in [0.1, 0.15) is 66.4 Å². The fourth-order valence-corrected chi connectivity index (χ4v) is 3.82. The molecule has 2 aliphatic rings. The van der Waals surface area contributed by atoms with E-state index >= 15 is 0 Å². The van der Waals surface area contributed by atoms with E-state index in [2.05, 4.69) is 11.8 Å². The molecule has 0 fully saturated rings. The van der Waals surface area contributed by atoms with Crippen molar-refractivity contribution in [2.24, 2.45) is 11.8 Å². The first-order chi connectivity index (χ1) is 14.2. The monoisotopic (exact) mass is 398 g/mol. The van der Waals surface area contributed by atoms with Crippen LogP contribution >= 0.6 is 0 Å². The number of ketones is 6. The van der Waals surface area contributed by atoms with E-state index in [1.807, 2.05) is 0 Å². The van der Waals surface area contributed by atoms with Crippen molar-refractivity contribution in [3.63, 3.8) is 0 Å². The number of carbonyl (C=O) groups excluding carboxylic acids is 6. The average Bonchev–Trinajstić information content (AvgIpc) is 3.10. The van der Waals surface area contributed by atoms with Crippen LogP contribution in [0.25, 0.3) is 0 Å². The van der Waals surface area contributed by atoms with E-state index in [9.17, 15) is 28.8 Å². The maximum atomic E-state index is 12.4. The van der Waals surface area contributed by atoms with E-state index in [0.717, 1.165) is 0 Å². The lowest BCUT2D eigenvalue weighted by atomic mass is 10.00. The van der Waals surface area contributed by atoms with Crippen LogP contribution in [-0.2, 0) is 9.59 Å². The van der Waals surface area contributed by atoms with Gasteiger partial charge in [0, 0.05) is 33.4 Å². The predicted octanol–water partition coefficient (Wildman–Crippen LogP) is 2.25. The molecule has 0 saturated heterocycles. The lowest BCUT2D eigenvalue weighted by Crippen LogP contribution is -2.22. The zero-order chi connectivity index (χ0) is 21.7. The van der Waals surface area contributed by atoms with Crippen LogP contribution in [0, 0.1) is 23.7 Å². The Morgan fingerprint density at radius 3 is 1.27 bits per heavy atom. The Kier molecular flexibility index (Phi) is 4.39. The van der Waals surface area contributed by atoms with Crippen molar-refractivity contribution in [1.82, 2.24) is 0 Å². The molecule has 2 atom stereocenters. The first kappa shape index (κ1) is 19.3. The van der Waals surface area contributed by atoms with Crippen molar-refractivity contribution in [2.45, 2.75) is 13.8 Å². The zero-order valence-electron chi connectivity index (χ0n) is 16.1. The van der Waals surface area contributed by atoms with Crippen LogP contribution in [0.3, 0.4) is 0 Å². The molecule has 6 nitrogen and oxygen atoms in total. The zero-order valence-corrected chi connectivity index (χ0v) is 16.1. The van der Waals surface area contributed by atoms with Crippen molar-refractivity contribution < 1.29 is 28.8 Å². The Balaban J connectivity index is 1.66. The Morgan fingerprint density at radius 1 is 0.600 bits per heavy atom. The highest BCUT2D eigenvalue weighted by Gasteiger charge is 2.42. The highest BCUT2D eigenvalue weighted by Crippen LogP contribution is 2.29. The van der Waals surface area contributed by atoms with E-state index in [4.69, 9.17) is 0 Å². The maximum absolute atomic E-state index is 12.4. The Morgan fingerprint density at radius 2 is 0.933 bits per heavy atom. The van der Waals surface area contributed by atoms with Crippen molar-refractivity contribution in [1.29, 1.82) is 0 Å². The number of fused-ring (bicyclic) bond motifs is 2. The maximum Gasteiger partial charge on any atom is 0.181 e. The van der Waals surface area contributed by atoms with Gasteiger partial charge in [0.15, 0.2) is 23.1 Å². The van der Waals surface area contributed by atoms with Gasteiger partial charge in [0.2, 0.25) is 0 Å². The van der Waals surface area contributed by atoms with Gasteiger partial charge >= 0.3 is 0 Å². The number of hydrogen-bond donors (Lipinski definition) is 0. The first-order valence-corrected chi connectivity index (χ1v) is 9.18. The molecule has 2 aliphatic carbocycles. The standard InChI is InChI=1S/C24H14O6/c1-11(25)19-21(27)15-7-5-13(9-17(15)23(19)29)3-4-14-6-8-16-18(10-14)24(30)20(12(2)26)22(16)28/h5-10,19-20H,1-2H3. The minimum absolute atomic E-state index is 0.172. The fourth-order valence-electron chi connectivity index (χ4n) is 3.82. The molecule has 0 aromatic heterocycles. The Hall–Kier alpha value is -3.98. The van der Waals surface area contributed by atoms with Gasteiger partial charge in [0.05, 0.1) is 0 Å². The van der Waals surface area contributed by atoms with Crippen LogP contribution in [0.2, 0.25) is 0 Å². The SMILES string of the molecule is CC(=O)C1C(=O)c2ccc(C#Cc3ccc4c(c3)C(=O)C(C(C)=O)C4=O)cc2C1=O. The Labute approximate surface area is 171 Å². The molecule has 0 amide bonds. The fraction of sp³-hybridized carbons (Fsp3) is 0.167. The molecular formula is C24H14O6. The quantitative estimate of drug-likeness (QED) is 0.568. The third-order valence-corrected chi connectivity index (χ3v) is 5.31. The molecule has 0 spiro atoms. The van der Waals surface area contributed by atoms with Crippen molar-refractivity contribution in [3.8, 4) is 11.8 Å². The van der Waals surface area contributed by atoms with E-state index < -0.39 is 46.5 Å². The highest BCUT2D eigenvalue weighted by molar-refractivity contribution is 6.36. The lowest BCUT2D eigenvalue weighted by molar-refractivity contribution is -0.119. The van der Waals surface area contributed by atoms with E-state index in [1.54, 1.807) is 12.1 Å². The van der Waals surface area contributed by atoms with E-state index in [-0.39, 0.29) is 22.3 Å². The van der Waals surface area contributed by atoms with Crippen LogP contribution in [0.5, 0.6) is 0 Å². The summed E-state index contributed by atoms with van der Waals surface area (Å²) in [4.78, 5) is 72.4. The summed E-state index contributed by atoms with van der Waals surface area (Å²) >= 11 is 0. The number of rotatable bonds is 2. The van der Waals surface area contributed by atoms with Gasteiger partial charge in [0.25, 0.3) is 0 Å². The van der Waals surface area contributed by atoms with Crippen molar-refractivity contribution >= 4 is 34.7 Å². The summed E-state index contributed by atoms with van der Waals surface area (Å²) in [5.74, 6) is 0.135. The normalized spacial score (nSPS) is 19.3. The molecule has 2 aromatic rings. The average molecular weight is 398 g/mol. The summed E-state index contributed by atoms with van der Waals surface area (Å²) in [5.41, 5.74) is 1.69. The molecular weight excluding hydrogens is 384 g/mol. The minimum Gasteiger partial charge on any atom is -0.299 e. The molecule has 0 radical (unpaired) electrons. The van der Waals surface area contributed by atoms with E-state index in [0.29, 0.717) is 11.1 Å². The predicted molar refractivity (Wildman–Crippen MR) is 105 cm³/mol. The summed E-state index contributed by atoms with van der Waals surface area (Å²) in [5, 5.41) is 0. The summed E-state index contributed by atoms with van der Waals surface area (Å²) in [7, 11) is 0. The molecule has 4 rings (SSSR count). The number of Topliss-reactive ketones (excluding diaryl/α,β-unsaturated/α-hetero) is 6. The largest absolute Gasteiger partial charge is 0.299 e. The van der Waals surface area contributed by atoms with Gasteiger partial charge in [-0.25, -0.2) is 0 Å². The van der Waals surface area contributed by atoms with Crippen LogP contribution in [-0.4, -0.2) is 34.7 Å². The number of benzene rings is 2. The smallest absolute Gasteiger partial charge is 0.181 e. The highest BCUT2D eigenvalue weighted by atomic mass is 16.2. The second-order valence-corrected chi connectivity index (χ2v) is 7.32. The molecule has 0 aliphatic heterocycles. The summed E-state index contributed by atoms with van der Waals surface area (Å²) in [6.07, 6.45) is 0. The summed E-state index contributed by atoms with van der Waals surface area (Å²) in [6, 6.07) is 9.05. The van der Waals surface area contributed by atoms with E-state index in [1.165, 1.54) is 38.1 Å². The van der Waals surface area contributed by atoms with Gasteiger partial charge < -0.3 is 0 Å². The van der Waals surface area contributed by atoms with Gasteiger partial charge in [-0.15, -0.1) is 0 Å². The summed E-state index contributed by atoms with van der Waals surface area (Å²) in [6.45, 7) is 2.42. The second kappa shape index (κ2) is 6.82. The minimum atomic E-state index is -1.28. The molecule has 2 unspecified atom stereocenters. The van der Waals surface area contributed by atoms with Gasteiger partial charge in [-0.3, -0.25) is 28.8 Å². The molecule has 2 aromatic carbocycles. The van der Waals surface area contributed by atoms with Crippen LogP contribution in [0.15, 0.2) is 36.4 Å². The number of hydrogen-bond acceptors (Lipinski definition) is 6. The number of carbonyl (C=O) groups is 6. The van der Waals surface area contributed by atoms with Crippen molar-refractivity contribution in [2.75, 3.05) is 0 Å². The molecule has 0 bridgehead atoms. The lowest BCUT2D eigenvalue weighted by Gasteiger charge is -1.99. The van der Waals surface area contributed by atoms with Gasteiger partial charge in [0.1, 0.15) is 23.4 Å². The molecule has 146 valence electrons. The molecule has 0 saturated carbocycles. The molecule has 0 heterocycles. The van der Waals surface area contributed by atoms with Gasteiger partial charge in [-0.2, -0.15) is 0 Å². The first-order valence-electron chi connectivity index (χ1n) is 9.18. The second-order valence-electron chi connectivity index (χ2n) is 7.32. The summed E-state index contributed by atoms with van der Waals surface area (Å²) < 4.78 is 0. The third kappa shape index (κ3) is 2.83.